The highest BCUT2D eigenvalue weighted by atomic mass is 32.9. The molecule has 2 N–H and O–H groups in total. The van der Waals surface area contributed by atoms with Gasteiger partial charge in [-0.25, -0.2) is 0 Å². The summed E-state index contributed by atoms with van der Waals surface area (Å²) < 4.78 is 0. The number of hydrogen-bond acceptors (Lipinski definition) is 1. The molecule has 0 amide bonds. The van der Waals surface area contributed by atoms with Gasteiger partial charge in [-0.1, -0.05) is 51.8 Å². The Kier molecular flexibility index (Phi) is 11.8. The van der Waals surface area contributed by atoms with Gasteiger partial charge in [-0.3, -0.25) is 0 Å². The maximum atomic E-state index is 7.87. The lowest BCUT2D eigenvalue weighted by Gasteiger charge is -1.88. The van der Waals surface area contributed by atoms with Crippen molar-refractivity contribution >= 4 is 29.7 Å². The van der Waals surface area contributed by atoms with E-state index in [1.165, 1.54) is 25.7 Å². The van der Waals surface area contributed by atoms with E-state index in [4.69, 9.17) is 9.79 Å². The van der Waals surface area contributed by atoms with E-state index in [0.717, 1.165) is 0 Å². The van der Waals surface area contributed by atoms with Crippen LogP contribution in [0.2, 0.25) is 0 Å². The molecule has 2 nitrogen and oxygen atoms in total. The van der Waals surface area contributed by atoms with Gasteiger partial charge in [-0.05, 0) is 11.8 Å². The zero-order chi connectivity index (χ0) is 9.33. The zero-order valence-electron chi connectivity index (χ0n) is 7.03. The molecule has 5 heteroatoms. The van der Waals surface area contributed by atoms with E-state index in [-0.39, 0.29) is 0 Å². The smallest absolute Gasteiger partial charge is 0.239 e. The molecular formula is C6H17O2PS2. The molecule has 0 aromatic carbocycles. The molecular weight excluding hydrogens is 199 g/mol. The standard InChI is InChI=1S/C6H14.H3O2PS2/c1-3-5-6-4-2;1-3(2,4)5/h3-6H2,1-2H3;(H3,1,2,4,5). The van der Waals surface area contributed by atoms with E-state index in [2.05, 4.69) is 37.9 Å². The van der Waals surface area contributed by atoms with Crippen molar-refractivity contribution in [2.75, 3.05) is 0 Å². The highest BCUT2D eigenvalue weighted by Crippen LogP contribution is 2.39. The Morgan fingerprint density at radius 1 is 1.18 bits per heavy atom. The lowest BCUT2D eigenvalue weighted by molar-refractivity contribution is 0.503. The van der Waals surface area contributed by atoms with Gasteiger partial charge in [0.2, 0.25) is 5.69 Å². The SMILES string of the molecule is CCCCCC.OP(O)(=S)S. The van der Waals surface area contributed by atoms with Crippen LogP contribution in [0.15, 0.2) is 0 Å². The van der Waals surface area contributed by atoms with Crippen LogP contribution >= 0.6 is 17.9 Å². The summed E-state index contributed by atoms with van der Waals surface area (Å²) in [6, 6.07) is 0. The van der Waals surface area contributed by atoms with Crippen LogP contribution in [0.3, 0.4) is 0 Å². The van der Waals surface area contributed by atoms with Gasteiger partial charge >= 0.3 is 0 Å². The van der Waals surface area contributed by atoms with Crippen LogP contribution in [0.25, 0.3) is 0 Å². The predicted octanol–water partition coefficient (Wildman–Crippen LogP) is 2.71. The van der Waals surface area contributed by atoms with E-state index < -0.39 is 5.69 Å². The third kappa shape index (κ3) is 56.5. The molecule has 0 spiro atoms. The maximum Gasteiger partial charge on any atom is 0.239 e. The molecule has 0 unspecified atom stereocenters. The van der Waals surface area contributed by atoms with Gasteiger partial charge < -0.3 is 9.79 Å². The van der Waals surface area contributed by atoms with Crippen molar-refractivity contribution in [2.24, 2.45) is 0 Å². The van der Waals surface area contributed by atoms with Crippen molar-refractivity contribution in [1.82, 2.24) is 0 Å². The molecule has 0 radical (unpaired) electrons. The third-order valence-electron chi connectivity index (χ3n) is 0.957. The van der Waals surface area contributed by atoms with E-state index >= 15 is 0 Å². The average Bonchev–Trinajstić information content (AvgIpc) is 1.79. The highest BCUT2D eigenvalue weighted by molar-refractivity contribution is 8.59. The Labute approximate surface area is 79.4 Å². The molecule has 0 saturated carbocycles. The van der Waals surface area contributed by atoms with Crippen LogP contribution in [-0.2, 0) is 11.8 Å². The first kappa shape index (κ1) is 14.4. The Bertz CT molecular complexity index is 101. The Morgan fingerprint density at radius 2 is 1.36 bits per heavy atom. The van der Waals surface area contributed by atoms with Gasteiger partial charge in [0, 0.05) is 0 Å². The summed E-state index contributed by atoms with van der Waals surface area (Å²) in [5, 5.41) is 0. The normalized spacial score (nSPS) is 10.3. The van der Waals surface area contributed by atoms with Crippen LogP contribution in [0.4, 0.5) is 0 Å². The topological polar surface area (TPSA) is 40.5 Å². The number of thiol groups is 1. The van der Waals surface area contributed by atoms with Gasteiger partial charge in [0.15, 0.2) is 0 Å². The summed E-state index contributed by atoms with van der Waals surface area (Å²) in [6.45, 7) is 4.46. The monoisotopic (exact) mass is 216 g/mol. The summed E-state index contributed by atoms with van der Waals surface area (Å²) in [5.41, 5.74) is -3.11. The van der Waals surface area contributed by atoms with Gasteiger partial charge in [-0.2, -0.15) is 0 Å². The first-order valence-electron chi connectivity index (χ1n) is 3.70. The van der Waals surface area contributed by atoms with E-state index in [9.17, 15) is 0 Å². The fraction of sp³-hybridized carbons (Fsp3) is 1.00. The molecule has 0 aliphatic rings. The predicted molar refractivity (Wildman–Crippen MR) is 57.5 cm³/mol. The minimum absolute atomic E-state index is 1.36. The molecule has 0 aromatic rings. The first-order valence-corrected chi connectivity index (χ1v) is 7.56. The van der Waals surface area contributed by atoms with Crippen molar-refractivity contribution in [3.63, 3.8) is 0 Å². The minimum Gasteiger partial charge on any atom is -0.338 e. The fourth-order valence-corrected chi connectivity index (χ4v) is 0.500. The van der Waals surface area contributed by atoms with Crippen molar-refractivity contribution in [3.05, 3.63) is 0 Å². The summed E-state index contributed by atoms with van der Waals surface area (Å²) >= 11 is 7.07. The third-order valence-corrected chi connectivity index (χ3v) is 0.957. The Balaban J connectivity index is 0. The van der Waals surface area contributed by atoms with Crippen LogP contribution in [0.1, 0.15) is 39.5 Å². The second-order valence-corrected chi connectivity index (χ2v) is 7.26. The largest absolute Gasteiger partial charge is 0.338 e. The highest BCUT2D eigenvalue weighted by Gasteiger charge is 1.90. The second-order valence-electron chi connectivity index (χ2n) is 2.22. The lowest BCUT2D eigenvalue weighted by Crippen LogP contribution is -1.66. The molecule has 70 valence electrons. The molecule has 0 heterocycles. The summed E-state index contributed by atoms with van der Waals surface area (Å²) in [6.07, 6.45) is 5.54. The minimum atomic E-state index is -3.11. The molecule has 0 aliphatic carbocycles. The van der Waals surface area contributed by atoms with Crippen LogP contribution < -0.4 is 0 Å². The molecule has 0 aromatic heterocycles. The van der Waals surface area contributed by atoms with Crippen molar-refractivity contribution in [3.8, 4) is 0 Å². The van der Waals surface area contributed by atoms with E-state index in [1.54, 1.807) is 0 Å². The molecule has 0 aliphatic heterocycles. The Morgan fingerprint density at radius 3 is 1.45 bits per heavy atom. The molecule has 0 saturated heterocycles. The summed E-state index contributed by atoms with van der Waals surface area (Å²) in [5.74, 6) is 0. The van der Waals surface area contributed by atoms with E-state index in [0.29, 0.717) is 0 Å². The van der Waals surface area contributed by atoms with Crippen molar-refractivity contribution in [2.45, 2.75) is 39.5 Å². The first-order chi connectivity index (χ1) is 4.91. The van der Waals surface area contributed by atoms with Gasteiger partial charge in [0.05, 0.1) is 0 Å². The average molecular weight is 216 g/mol. The summed E-state index contributed by atoms with van der Waals surface area (Å²) in [7, 11) is 0. The number of rotatable bonds is 3. The molecule has 0 bridgehead atoms. The Hall–Kier alpha value is 0.920. The van der Waals surface area contributed by atoms with Crippen LogP contribution in [-0.4, -0.2) is 9.79 Å². The fourth-order valence-electron chi connectivity index (χ4n) is 0.500. The zero-order valence-corrected chi connectivity index (χ0v) is 9.63. The molecule has 0 atom stereocenters. The van der Waals surface area contributed by atoms with E-state index in [1.807, 2.05) is 0 Å². The summed E-state index contributed by atoms with van der Waals surface area (Å²) in [4.78, 5) is 15.7. The van der Waals surface area contributed by atoms with Crippen molar-refractivity contribution < 1.29 is 9.79 Å². The van der Waals surface area contributed by atoms with Gasteiger partial charge in [-0.15, -0.1) is 0 Å². The second kappa shape index (κ2) is 9.01. The van der Waals surface area contributed by atoms with Crippen LogP contribution in [0, 0.1) is 0 Å². The molecule has 0 rings (SSSR count). The van der Waals surface area contributed by atoms with Crippen LogP contribution in [0.5, 0.6) is 0 Å². The van der Waals surface area contributed by atoms with Gasteiger partial charge in [0.1, 0.15) is 0 Å². The quantitative estimate of drug-likeness (QED) is 0.386. The maximum absolute atomic E-state index is 7.87. The molecule has 0 fully saturated rings. The lowest BCUT2D eigenvalue weighted by atomic mass is 10.2. The van der Waals surface area contributed by atoms with Crippen molar-refractivity contribution in [1.29, 1.82) is 0 Å². The molecule has 11 heavy (non-hydrogen) atoms. The number of hydrogen-bond donors (Lipinski definition) is 3. The van der Waals surface area contributed by atoms with Gasteiger partial charge in [0.25, 0.3) is 0 Å². The number of unbranched alkanes of at least 4 members (excludes halogenated alkanes) is 3.